The third kappa shape index (κ3) is 4.09. The molecule has 0 saturated heterocycles. The Morgan fingerprint density at radius 3 is 2.83 bits per heavy atom. The Hall–Kier alpha value is -2.37. The number of carbonyl (C=O) groups excluding carboxylic acids is 1. The SMILES string of the molecule is Cc1cnc(CCNC(=O)COc2ccc(F)cc2)n1C1CC1. The summed E-state index contributed by atoms with van der Waals surface area (Å²) in [5.74, 6) is 0.963. The Kier molecular flexibility index (Phi) is 4.60. The van der Waals surface area contributed by atoms with Crippen molar-refractivity contribution in [1.82, 2.24) is 14.9 Å². The predicted molar refractivity (Wildman–Crippen MR) is 83.8 cm³/mol. The van der Waals surface area contributed by atoms with Crippen molar-refractivity contribution in [3.8, 4) is 5.75 Å². The first-order valence-electron chi connectivity index (χ1n) is 7.81. The number of benzene rings is 1. The molecule has 0 spiro atoms. The maximum Gasteiger partial charge on any atom is 0.257 e. The number of carbonyl (C=O) groups is 1. The molecule has 5 nitrogen and oxygen atoms in total. The minimum Gasteiger partial charge on any atom is -0.484 e. The monoisotopic (exact) mass is 317 g/mol. The molecule has 0 radical (unpaired) electrons. The zero-order valence-corrected chi connectivity index (χ0v) is 13.1. The number of ether oxygens (including phenoxy) is 1. The van der Waals surface area contributed by atoms with Crippen LogP contribution >= 0.6 is 0 Å². The second-order valence-corrected chi connectivity index (χ2v) is 5.76. The number of hydrogen-bond donors (Lipinski definition) is 1. The van der Waals surface area contributed by atoms with E-state index in [9.17, 15) is 9.18 Å². The molecule has 122 valence electrons. The second kappa shape index (κ2) is 6.81. The van der Waals surface area contributed by atoms with Crippen molar-refractivity contribution in [3.63, 3.8) is 0 Å². The van der Waals surface area contributed by atoms with E-state index in [-0.39, 0.29) is 18.3 Å². The number of imidazole rings is 1. The second-order valence-electron chi connectivity index (χ2n) is 5.76. The van der Waals surface area contributed by atoms with Crippen LogP contribution in [0.15, 0.2) is 30.5 Å². The zero-order chi connectivity index (χ0) is 16.2. The summed E-state index contributed by atoms with van der Waals surface area (Å²) >= 11 is 0. The van der Waals surface area contributed by atoms with Gasteiger partial charge in [-0.1, -0.05) is 0 Å². The molecule has 1 aliphatic carbocycles. The maximum absolute atomic E-state index is 12.8. The van der Waals surface area contributed by atoms with Crippen LogP contribution in [0.4, 0.5) is 4.39 Å². The van der Waals surface area contributed by atoms with Gasteiger partial charge >= 0.3 is 0 Å². The van der Waals surface area contributed by atoms with E-state index in [2.05, 4.69) is 21.8 Å². The standard InChI is InChI=1S/C17H20FN3O2/c1-12-10-20-16(21(12)14-4-5-14)8-9-19-17(22)11-23-15-6-2-13(18)3-7-15/h2-3,6-7,10,14H,4-5,8-9,11H2,1H3,(H,19,22). The molecule has 6 heteroatoms. The first kappa shape index (κ1) is 15.5. The average Bonchev–Trinajstić information content (AvgIpc) is 3.31. The number of hydrogen-bond acceptors (Lipinski definition) is 3. The van der Waals surface area contributed by atoms with Crippen LogP contribution in [-0.2, 0) is 11.2 Å². The lowest BCUT2D eigenvalue weighted by Gasteiger charge is -2.10. The van der Waals surface area contributed by atoms with Crippen molar-refractivity contribution < 1.29 is 13.9 Å². The van der Waals surface area contributed by atoms with Gasteiger partial charge in [-0.05, 0) is 44.0 Å². The molecule has 1 heterocycles. The van der Waals surface area contributed by atoms with E-state index in [1.165, 1.54) is 42.8 Å². The molecule has 3 rings (SSSR count). The van der Waals surface area contributed by atoms with Gasteiger partial charge in [-0.3, -0.25) is 4.79 Å². The van der Waals surface area contributed by atoms with Gasteiger partial charge in [0.2, 0.25) is 0 Å². The fraction of sp³-hybridized carbons (Fsp3) is 0.412. The highest BCUT2D eigenvalue weighted by Crippen LogP contribution is 2.36. The van der Waals surface area contributed by atoms with E-state index in [0.717, 1.165) is 5.82 Å². The predicted octanol–water partition coefficient (Wildman–Crippen LogP) is 2.40. The Morgan fingerprint density at radius 2 is 2.13 bits per heavy atom. The minimum atomic E-state index is -0.330. The van der Waals surface area contributed by atoms with Crippen LogP contribution in [-0.4, -0.2) is 28.6 Å². The summed E-state index contributed by atoms with van der Waals surface area (Å²) in [6.07, 6.45) is 5.00. The van der Waals surface area contributed by atoms with Crippen LogP contribution in [0, 0.1) is 12.7 Å². The van der Waals surface area contributed by atoms with Gasteiger partial charge in [0.05, 0.1) is 0 Å². The Bertz CT molecular complexity index is 678. The van der Waals surface area contributed by atoms with E-state index in [1.54, 1.807) is 0 Å². The summed E-state index contributed by atoms with van der Waals surface area (Å²) < 4.78 is 20.3. The van der Waals surface area contributed by atoms with Crippen LogP contribution in [0.2, 0.25) is 0 Å². The molecule has 0 atom stereocenters. The van der Waals surface area contributed by atoms with Gasteiger partial charge in [0, 0.05) is 30.9 Å². The van der Waals surface area contributed by atoms with Crippen LogP contribution < -0.4 is 10.1 Å². The molecular formula is C17H20FN3O2. The van der Waals surface area contributed by atoms with Crippen molar-refractivity contribution in [2.24, 2.45) is 0 Å². The lowest BCUT2D eigenvalue weighted by molar-refractivity contribution is -0.123. The fourth-order valence-corrected chi connectivity index (χ4v) is 2.56. The van der Waals surface area contributed by atoms with Crippen molar-refractivity contribution in [2.75, 3.05) is 13.2 Å². The van der Waals surface area contributed by atoms with Crippen LogP contribution in [0.1, 0.15) is 30.4 Å². The van der Waals surface area contributed by atoms with Gasteiger partial charge in [-0.25, -0.2) is 9.37 Å². The Balaban J connectivity index is 1.42. The van der Waals surface area contributed by atoms with Crippen LogP contribution in [0.3, 0.4) is 0 Å². The molecule has 0 aliphatic heterocycles. The van der Waals surface area contributed by atoms with E-state index >= 15 is 0 Å². The maximum atomic E-state index is 12.8. The summed E-state index contributed by atoms with van der Waals surface area (Å²) in [6, 6.07) is 6.18. The molecule has 2 aromatic rings. The highest BCUT2D eigenvalue weighted by atomic mass is 19.1. The topological polar surface area (TPSA) is 56.1 Å². The lowest BCUT2D eigenvalue weighted by Crippen LogP contribution is -2.31. The third-order valence-electron chi connectivity index (χ3n) is 3.82. The zero-order valence-electron chi connectivity index (χ0n) is 13.1. The van der Waals surface area contributed by atoms with Gasteiger partial charge in [-0.2, -0.15) is 0 Å². The largest absolute Gasteiger partial charge is 0.484 e. The Labute approximate surface area is 134 Å². The molecule has 1 aromatic carbocycles. The summed E-state index contributed by atoms with van der Waals surface area (Å²) in [6.45, 7) is 2.50. The molecule has 1 N–H and O–H groups in total. The number of rotatable bonds is 7. The van der Waals surface area contributed by atoms with Gasteiger partial charge in [0.1, 0.15) is 17.4 Å². The van der Waals surface area contributed by atoms with Crippen molar-refractivity contribution in [1.29, 1.82) is 0 Å². The third-order valence-corrected chi connectivity index (χ3v) is 3.82. The van der Waals surface area contributed by atoms with E-state index in [1.807, 2.05) is 6.20 Å². The number of aryl methyl sites for hydroxylation is 1. The fourth-order valence-electron chi connectivity index (χ4n) is 2.56. The summed E-state index contributed by atoms with van der Waals surface area (Å²) in [5.41, 5.74) is 1.17. The molecule has 1 fully saturated rings. The van der Waals surface area contributed by atoms with Gasteiger partial charge in [-0.15, -0.1) is 0 Å². The molecule has 0 unspecified atom stereocenters. The van der Waals surface area contributed by atoms with Crippen LogP contribution in [0.25, 0.3) is 0 Å². The summed E-state index contributed by atoms with van der Waals surface area (Å²) in [4.78, 5) is 16.2. The van der Waals surface area contributed by atoms with Crippen molar-refractivity contribution >= 4 is 5.91 Å². The first-order chi connectivity index (χ1) is 11.1. The van der Waals surface area contributed by atoms with Gasteiger partial charge < -0.3 is 14.6 Å². The number of nitrogens with one attached hydrogen (secondary N) is 1. The molecule has 1 saturated carbocycles. The highest BCUT2D eigenvalue weighted by Gasteiger charge is 2.26. The lowest BCUT2D eigenvalue weighted by atomic mass is 10.3. The van der Waals surface area contributed by atoms with E-state index in [0.29, 0.717) is 24.8 Å². The quantitative estimate of drug-likeness (QED) is 0.853. The van der Waals surface area contributed by atoms with Crippen molar-refractivity contribution in [3.05, 3.63) is 47.8 Å². The number of amides is 1. The van der Waals surface area contributed by atoms with Gasteiger partial charge in [0.25, 0.3) is 5.91 Å². The number of nitrogens with zero attached hydrogens (tertiary/aromatic N) is 2. The molecule has 1 aliphatic rings. The Morgan fingerprint density at radius 1 is 1.39 bits per heavy atom. The van der Waals surface area contributed by atoms with E-state index < -0.39 is 0 Å². The molecule has 1 aromatic heterocycles. The first-order valence-corrected chi connectivity index (χ1v) is 7.81. The molecule has 0 bridgehead atoms. The molecule has 1 amide bonds. The van der Waals surface area contributed by atoms with Crippen molar-refractivity contribution in [2.45, 2.75) is 32.2 Å². The highest BCUT2D eigenvalue weighted by molar-refractivity contribution is 5.77. The van der Waals surface area contributed by atoms with Crippen LogP contribution in [0.5, 0.6) is 5.75 Å². The number of halogens is 1. The number of aromatic nitrogens is 2. The van der Waals surface area contributed by atoms with Gasteiger partial charge in [0.15, 0.2) is 6.61 Å². The average molecular weight is 317 g/mol. The minimum absolute atomic E-state index is 0.0816. The normalized spacial score (nSPS) is 13.8. The smallest absolute Gasteiger partial charge is 0.257 e. The summed E-state index contributed by atoms with van der Waals surface area (Å²) in [5, 5.41) is 2.82. The molecule has 23 heavy (non-hydrogen) atoms. The van der Waals surface area contributed by atoms with E-state index in [4.69, 9.17) is 4.74 Å². The molecular weight excluding hydrogens is 297 g/mol. The summed E-state index contributed by atoms with van der Waals surface area (Å²) in [7, 11) is 0.